The lowest BCUT2D eigenvalue weighted by atomic mass is 9.92. The number of alkyl halides is 1. The van der Waals surface area contributed by atoms with Crippen molar-refractivity contribution in [1.29, 1.82) is 0 Å². The Morgan fingerprint density at radius 2 is 1.92 bits per heavy atom. The van der Waals surface area contributed by atoms with E-state index in [0.717, 1.165) is 25.9 Å². The molecular weight excluding hydrogens is 169 g/mol. The van der Waals surface area contributed by atoms with E-state index in [1.165, 1.54) is 0 Å². The van der Waals surface area contributed by atoms with Gasteiger partial charge in [-0.3, -0.25) is 0 Å². The normalized spacial score (nSPS) is 23.8. The molecule has 0 aliphatic carbocycles. The minimum atomic E-state index is -1.01. The molecule has 1 saturated heterocycles. The topological polar surface area (TPSA) is 23.5 Å². The first-order chi connectivity index (χ1) is 6.15. The monoisotopic (exact) mass is 189 g/mol. The molecule has 1 rings (SSSR count). The zero-order chi connectivity index (χ0) is 9.84. The number of halogens is 1. The minimum absolute atomic E-state index is 0.0833. The largest absolute Gasteiger partial charge is 0.393 e. The van der Waals surface area contributed by atoms with E-state index in [0.29, 0.717) is 6.04 Å². The van der Waals surface area contributed by atoms with Crippen LogP contribution in [0.4, 0.5) is 4.39 Å². The maximum atomic E-state index is 13.1. The average Bonchev–Trinajstić information content (AvgIpc) is 2.17. The Hall–Kier alpha value is -0.150. The van der Waals surface area contributed by atoms with Crippen molar-refractivity contribution in [3.05, 3.63) is 0 Å². The first kappa shape index (κ1) is 10.9. The van der Waals surface area contributed by atoms with E-state index in [9.17, 15) is 4.39 Å². The Bertz CT molecular complexity index is 144. The number of hydrogen-bond acceptors (Lipinski definition) is 2. The van der Waals surface area contributed by atoms with Gasteiger partial charge in [-0.1, -0.05) is 0 Å². The van der Waals surface area contributed by atoms with Crippen LogP contribution in [-0.2, 0) is 0 Å². The molecule has 0 aromatic carbocycles. The standard InChI is InChI=1S/C10H20FNO/c1-8(2)12-5-3-9(4-6-12)10(11)7-13/h8-10,13H,3-7H2,1-2H3. The molecule has 0 saturated carbocycles. The van der Waals surface area contributed by atoms with E-state index < -0.39 is 6.17 Å². The molecule has 3 heteroatoms. The van der Waals surface area contributed by atoms with Crippen LogP contribution in [0.15, 0.2) is 0 Å². The highest BCUT2D eigenvalue weighted by atomic mass is 19.1. The summed E-state index contributed by atoms with van der Waals surface area (Å²) in [7, 11) is 0. The van der Waals surface area contributed by atoms with Crippen molar-refractivity contribution >= 4 is 0 Å². The summed E-state index contributed by atoms with van der Waals surface area (Å²) in [5.41, 5.74) is 0. The lowest BCUT2D eigenvalue weighted by Crippen LogP contribution is -2.41. The van der Waals surface area contributed by atoms with E-state index in [1.807, 2.05) is 0 Å². The van der Waals surface area contributed by atoms with E-state index in [-0.39, 0.29) is 12.5 Å². The highest BCUT2D eigenvalue weighted by molar-refractivity contribution is 4.78. The van der Waals surface area contributed by atoms with Crippen LogP contribution >= 0.6 is 0 Å². The third-order valence-electron chi connectivity index (χ3n) is 2.99. The van der Waals surface area contributed by atoms with Gasteiger partial charge < -0.3 is 10.0 Å². The van der Waals surface area contributed by atoms with Crippen molar-refractivity contribution in [1.82, 2.24) is 4.90 Å². The van der Waals surface area contributed by atoms with Gasteiger partial charge in [-0.15, -0.1) is 0 Å². The molecule has 1 atom stereocenters. The zero-order valence-electron chi connectivity index (χ0n) is 8.54. The number of aliphatic hydroxyl groups excluding tert-OH is 1. The van der Waals surface area contributed by atoms with E-state index in [4.69, 9.17) is 5.11 Å². The maximum absolute atomic E-state index is 13.1. The van der Waals surface area contributed by atoms with E-state index >= 15 is 0 Å². The summed E-state index contributed by atoms with van der Waals surface area (Å²) in [4.78, 5) is 2.36. The van der Waals surface area contributed by atoms with Crippen molar-refractivity contribution in [2.45, 2.75) is 38.9 Å². The Balaban J connectivity index is 2.30. The molecule has 0 bridgehead atoms. The summed E-state index contributed by atoms with van der Waals surface area (Å²) in [6, 6.07) is 0.563. The van der Waals surface area contributed by atoms with Crippen molar-refractivity contribution in [2.24, 2.45) is 5.92 Å². The first-order valence-corrected chi connectivity index (χ1v) is 5.14. The number of piperidine rings is 1. The summed E-state index contributed by atoms with van der Waals surface area (Å²) in [6.07, 6.45) is 0.772. The molecule has 0 aromatic rings. The average molecular weight is 189 g/mol. The second-order valence-corrected chi connectivity index (χ2v) is 4.17. The molecule has 1 unspecified atom stereocenters. The Labute approximate surface area is 79.7 Å². The van der Waals surface area contributed by atoms with Crippen molar-refractivity contribution in [3.63, 3.8) is 0 Å². The number of hydrogen-bond donors (Lipinski definition) is 1. The lowest BCUT2D eigenvalue weighted by molar-refractivity contribution is 0.0674. The molecule has 0 aromatic heterocycles. The molecule has 0 radical (unpaired) electrons. The number of aliphatic hydroxyl groups is 1. The second kappa shape index (κ2) is 4.91. The first-order valence-electron chi connectivity index (χ1n) is 5.14. The number of nitrogens with zero attached hydrogens (tertiary/aromatic N) is 1. The van der Waals surface area contributed by atoms with Crippen LogP contribution < -0.4 is 0 Å². The third kappa shape index (κ3) is 2.92. The Morgan fingerprint density at radius 1 is 1.38 bits per heavy atom. The van der Waals surface area contributed by atoms with Gasteiger partial charge in [-0.25, -0.2) is 4.39 Å². The lowest BCUT2D eigenvalue weighted by Gasteiger charge is -2.35. The molecule has 13 heavy (non-hydrogen) atoms. The van der Waals surface area contributed by atoms with Crippen LogP contribution in [0.3, 0.4) is 0 Å². The van der Waals surface area contributed by atoms with Crippen LogP contribution in [0.25, 0.3) is 0 Å². The number of rotatable bonds is 3. The molecule has 78 valence electrons. The van der Waals surface area contributed by atoms with Gasteiger partial charge in [0.2, 0.25) is 0 Å². The fraction of sp³-hybridized carbons (Fsp3) is 1.00. The molecule has 1 aliphatic rings. The van der Waals surface area contributed by atoms with Crippen LogP contribution in [-0.4, -0.2) is 41.9 Å². The quantitative estimate of drug-likeness (QED) is 0.726. The minimum Gasteiger partial charge on any atom is -0.393 e. The van der Waals surface area contributed by atoms with E-state index in [2.05, 4.69) is 18.7 Å². The third-order valence-corrected chi connectivity index (χ3v) is 2.99. The summed E-state index contributed by atoms with van der Waals surface area (Å²) in [6.45, 7) is 5.97. The van der Waals surface area contributed by atoms with Crippen LogP contribution in [0.2, 0.25) is 0 Å². The number of likely N-dealkylation sites (tertiary alicyclic amines) is 1. The zero-order valence-corrected chi connectivity index (χ0v) is 8.54. The molecule has 1 aliphatic heterocycles. The van der Waals surface area contributed by atoms with Gasteiger partial charge in [-0.2, -0.15) is 0 Å². The smallest absolute Gasteiger partial charge is 0.126 e. The van der Waals surface area contributed by atoms with E-state index in [1.54, 1.807) is 0 Å². The van der Waals surface area contributed by atoms with Gasteiger partial charge in [0.1, 0.15) is 6.17 Å². The Morgan fingerprint density at radius 3 is 2.31 bits per heavy atom. The summed E-state index contributed by atoms with van der Waals surface area (Å²) >= 11 is 0. The van der Waals surface area contributed by atoms with Gasteiger partial charge in [0, 0.05) is 6.04 Å². The van der Waals surface area contributed by atoms with Crippen LogP contribution in [0, 0.1) is 5.92 Å². The van der Waals surface area contributed by atoms with Crippen LogP contribution in [0.5, 0.6) is 0 Å². The van der Waals surface area contributed by atoms with Crippen molar-refractivity contribution in [2.75, 3.05) is 19.7 Å². The predicted octanol–water partition coefficient (Wildman–Crippen LogP) is 1.44. The van der Waals surface area contributed by atoms with Gasteiger partial charge in [0.15, 0.2) is 0 Å². The van der Waals surface area contributed by atoms with Crippen molar-refractivity contribution < 1.29 is 9.50 Å². The van der Waals surface area contributed by atoms with Gasteiger partial charge in [0.25, 0.3) is 0 Å². The van der Waals surface area contributed by atoms with Gasteiger partial charge >= 0.3 is 0 Å². The SMILES string of the molecule is CC(C)N1CCC(C(F)CO)CC1. The molecule has 1 heterocycles. The Kier molecular flexibility index (Phi) is 4.13. The predicted molar refractivity (Wildman–Crippen MR) is 51.4 cm³/mol. The molecule has 0 spiro atoms. The second-order valence-electron chi connectivity index (χ2n) is 4.17. The van der Waals surface area contributed by atoms with Crippen molar-refractivity contribution in [3.8, 4) is 0 Å². The summed E-state index contributed by atoms with van der Waals surface area (Å²) in [5, 5.41) is 8.67. The molecule has 1 fully saturated rings. The van der Waals surface area contributed by atoms with Crippen LogP contribution in [0.1, 0.15) is 26.7 Å². The molecule has 0 amide bonds. The molecule has 1 N–H and O–H groups in total. The highest BCUT2D eigenvalue weighted by Gasteiger charge is 2.26. The fourth-order valence-corrected chi connectivity index (χ4v) is 1.95. The maximum Gasteiger partial charge on any atom is 0.126 e. The molecule has 2 nitrogen and oxygen atoms in total. The van der Waals surface area contributed by atoms with Gasteiger partial charge in [-0.05, 0) is 45.7 Å². The molecular formula is C10H20FNO. The fourth-order valence-electron chi connectivity index (χ4n) is 1.95. The van der Waals surface area contributed by atoms with Gasteiger partial charge in [0.05, 0.1) is 6.61 Å². The summed E-state index contributed by atoms with van der Waals surface area (Å²) in [5.74, 6) is 0.0833. The highest BCUT2D eigenvalue weighted by Crippen LogP contribution is 2.23. The summed E-state index contributed by atoms with van der Waals surface area (Å²) < 4.78 is 13.1.